The second-order valence-electron chi connectivity index (χ2n) is 6.64. The minimum Gasteiger partial charge on any atom is -0.455 e. The normalized spacial score (nSPS) is 11.7. The number of rotatable bonds is 9. The van der Waals surface area contributed by atoms with E-state index in [9.17, 15) is 9.59 Å². The van der Waals surface area contributed by atoms with Gasteiger partial charge in [0.05, 0.1) is 12.2 Å². The lowest BCUT2D eigenvalue weighted by molar-refractivity contribution is -0.881. The van der Waals surface area contributed by atoms with Gasteiger partial charge in [-0.3, -0.25) is 9.59 Å². The molecule has 0 saturated carbocycles. The molecule has 0 aliphatic rings. The molecular formula is C21H28N3O3+. The fraction of sp³-hybridized carbons (Fsp3) is 0.333. The Labute approximate surface area is 160 Å². The monoisotopic (exact) mass is 370 g/mol. The third kappa shape index (κ3) is 7.11. The molecule has 0 aliphatic carbocycles. The molecule has 6 heteroatoms. The topological polar surface area (TPSA) is 71.9 Å². The van der Waals surface area contributed by atoms with E-state index in [1.165, 1.54) is 0 Å². The van der Waals surface area contributed by atoms with Crippen LogP contribution in [0.25, 0.3) is 0 Å². The molecule has 0 heterocycles. The van der Waals surface area contributed by atoms with Gasteiger partial charge in [-0.1, -0.05) is 30.3 Å². The summed E-state index contributed by atoms with van der Waals surface area (Å²) in [5.74, 6) is 1.06. The summed E-state index contributed by atoms with van der Waals surface area (Å²) in [6.45, 7) is 6.95. The van der Waals surface area contributed by atoms with Gasteiger partial charge in [-0.2, -0.15) is 0 Å². The molecule has 6 nitrogen and oxygen atoms in total. The molecule has 27 heavy (non-hydrogen) atoms. The smallest absolute Gasteiger partial charge is 0.279 e. The number of amides is 2. The van der Waals surface area contributed by atoms with Crippen molar-refractivity contribution < 1.29 is 19.2 Å². The maximum absolute atomic E-state index is 12.5. The van der Waals surface area contributed by atoms with Gasteiger partial charge in [0.15, 0.2) is 18.8 Å². The molecule has 1 atom stereocenters. The molecule has 0 radical (unpaired) electrons. The van der Waals surface area contributed by atoms with Crippen molar-refractivity contribution in [3.63, 3.8) is 0 Å². The molecule has 3 N–H and O–H groups in total. The van der Waals surface area contributed by atoms with E-state index in [0.29, 0.717) is 23.7 Å². The average molecular weight is 370 g/mol. The van der Waals surface area contributed by atoms with Gasteiger partial charge in [-0.25, -0.2) is 0 Å². The molecule has 0 aromatic heterocycles. The number of anilines is 1. The van der Waals surface area contributed by atoms with Gasteiger partial charge in [0.25, 0.3) is 11.8 Å². The number of quaternary nitrogens is 1. The molecule has 0 saturated heterocycles. The summed E-state index contributed by atoms with van der Waals surface area (Å²) >= 11 is 0. The lowest BCUT2D eigenvalue weighted by Crippen LogP contribution is -3.14. The first-order chi connectivity index (χ1) is 13.0. The van der Waals surface area contributed by atoms with E-state index >= 15 is 0 Å². The van der Waals surface area contributed by atoms with Crippen molar-refractivity contribution >= 4 is 17.5 Å². The summed E-state index contributed by atoms with van der Waals surface area (Å²) in [5, 5.41) is 5.75. The molecule has 2 aromatic rings. The van der Waals surface area contributed by atoms with Crippen molar-refractivity contribution in [1.29, 1.82) is 0 Å². The molecule has 0 aliphatic heterocycles. The molecule has 2 rings (SSSR count). The largest absolute Gasteiger partial charge is 0.455 e. The van der Waals surface area contributed by atoms with Gasteiger partial charge in [0.2, 0.25) is 0 Å². The second-order valence-corrected chi connectivity index (χ2v) is 6.64. The third-order valence-electron chi connectivity index (χ3n) is 3.90. The maximum atomic E-state index is 12.5. The zero-order chi connectivity index (χ0) is 19.6. The molecule has 1 unspecified atom stereocenters. The van der Waals surface area contributed by atoms with E-state index in [1.807, 2.05) is 69.3 Å². The number of hydrogen-bond donors (Lipinski definition) is 3. The first kappa shape index (κ1) is 20.5. The van der Waals surface area contributed by atoms with Crippen molar-refractivity contribution in [3.8, 4) is 11.5 Å². The zero-order valence-corrected chi connectivity index (χ0v) is 16.1. The highest BCUT2D eigenvalue weighted by molar-refractivity contribution is 5.93. The summed E-state index contributed by atoms with van der Waals surface area (Å²) in [6.07, 6.45) is 0. The highest BCUT2D eigenvalue weighted by Gasteiger charge is 2.18. The molecule has 2 aromatic carbocycles. The van der Waals surface area contributed by atoms with Crippen molar-refractivity contribution in [2.45, 2.75) is 26.8 Å². The SMILES string of the molecule is CC[NH+](CC(=O)Nc1ccccc1Oc1ccccc1)CC(=O)NC(C)C. The number of hydrogen-bond acceptors (Lipinski definition) is 3. The van der Waals surface area contributed by atoms with E-state index in [2.05, 4.69) is 10.6 Å². The summed E-state index contributed by atoms with van der Waals surface area (Å²) in [6, 6.07) is 16.8. The third-order valence-corrected chi connectivity index (χ3v) is 3.90. The number of para-hydroxylation sites is 3. The Morgan fingerprint density at radius 3 is 2.26 bits per heavy atom. The standard InChI is InChI=1S/C21H27N3O3/c1-4-24(14-20(25)22-16(2)3)15-21(26)23-18-12-8-9-13-19(18)27-17-10-6-5-7-11-17/h5-13,16H,4,14-15H2,1-3H3,(H,22,25)(H,23,26)/p+1. The van der Waals surface area contributed by atoms with Crippen molar-refractivity contribution in [1.82, 2.24) is 5.32 Å². The summed E-state index contributed by atoms with van der Waals surface area (Å²) in [7, 11) is 0. The highest BCUT2D eigenvalue weighted by atomic mass is 16.5. The Morgan fingerprint density at radius 2 is 1.59 bits per heavy atom. The van der Waals surface area contributed by atoms with Crippen molar-refractivity contribution in [3.05, 3.63) is 54.6 Å². The van der Waals surface area contributed by atoms with Gasteiger partial charge in [0.1, 0.15) is 5.75 Å². The van der Waals surface area contributed by atoms with Crippen molar-refractivity contribution in [2.75, 3.05) is 25.0 Å². The Hall–Kier alpha value is -2.86. The van der Waals surface area contributed by atoms with Gasteiger partial charge in [-0.05, 0) is 45.0 Å². The predicted molar refractivity (Wildman–Crippen MR) is 106 cm³/mol. The minimum absolute atomic E-state index is 0.0533. The summed E-state index contributed by atoms with van der Waals surface area (Å²) in [4.78, 5) is 25.3. The first-order valence-corrected chi connectivity index (χ1v) is 9.22. The Bertz CT molecular complexity index is 747. The first-order valence-electron chi connectivity index (χ1n) is 9.22. The van der Waals surface area contributed by atoms with Crippen LogP contribution in [0.4, 0.5) is 5.69 Å². The van der Waals surface area contributed by atoms with E-state index in [4.69, 9.17) is 4.74 Å². The summed E-state index contributed by atoms with van der Waals surface area (Å²) in [5.41, 5.74) is 0.605. The van der Waals surface area contributed by atoms with Crippen LogP contribution in [-0.2, 0) is 9.59 Å². The Kier molecular flexibility index (Phi) is 7.82. The zero-order valence-electron chi connectivity index (χ0n) is 16.1. The minimum atomic E-state index is -0.159. The molecule has 2 amide bonds. The van der Waals surface area contributed by atoms with Gasteiger partial charge in [0, 0.05) is 6.04 Å². The number of likely N-dealkylation sites (N-methyl/N-ethyl adjacent to an activating group) is 1. The van der Waals surface area contributed by atoms with Crippen LogP contribution in [0.1, 0.15) is 20.8 Å². The van der Waals surface area contributed by atoms with Crippen LogP contribution in [0.3, 0.4) is 0 Å². The number of ether oxygens (including phenoxy) is 1. The number of nitrogens with one attached hydrogen (secondary N) is 3. The van der Waals surface area contributed by atoms with E-state index in [-0.39, 0.29) is 30.9 Å². The van der Waals surface area contributed by atoms with Crippen LogP contribution in [0, 0.1) is 0 Å². The maximum Gasteiger partial charge on any atom is 0.279 e. The highest BCUT2D eigenvalue weighted by Crippen LogP contribution is 2.28. The quantitative estimate of drug-likeness (QED) is 0.631. The van der Waals surface area contributed by atoms with E-state index in [0.717, 1.165) is 4.90 Å². The average Bonchev–Trinajstić information content (AvgIpc) is 2.63. The summed E-state index contributed by atoms with van der Waals surface area (Å²) < 4.78 is 5.86. The molecule has 144 valence electrons. The van der Waals surface area contributed by atoms with Crippen LogP contribution in [0.2, 0.25) is 0 Å². The number of benzene rings is 2. The lowest BCUT2D eigenvalue weighted by Gasteiger charge is -2.18. The molecule has 0 bridgehead atoms. The lowest BCUT2D eigenvalue weighted by atomic mass is 10.2. The van der Waals surface area contributed by atoms with Crippen LogP contribution in [0.15, 0.2) is 54.6 Å². The second kappa shape index (κ2) is 10.3. The fourth-order valence-electron chi connectivity index (χ4n) is 2.61. The Morgan fingerprint density at radius 1 is 0.963 bits per heavy atom. The van der Waals surface area contributed by atoms with Gasteiger partial charge >= 0.3 is 0 Å². The number of carbonyl (C=O) groups excluding carboxylic acids is 2. The van der Waals surface area contributed by atoms with E-state index in [1.54, 1.807) is 6.07 Å². The van der Waals surface area contributed by atoms with Crippen LogP contribution in [-0.4, -0.2) is 37.5 Å². The molecule has 0 spiro atoms. The van der Waals surface area contributed by atoms with Crippen LogP contribution in [0.5, 0.6) is 11.5 Å². The Balaban J connectivity index is 1.97. The molecule has 0 fully saturated rings. The van der Waals surface area contributed by atoms with Crippen LogP contribution >= 0.6 is 0 Å². The predicted octanol–water partition coefficient (Wildman–Crippen LogP) is 1.85. The van der Waals surface area contributed by atoms with Crippen LogP contribution < -0.4 is 20.3 Å². The van der Waals surface area contributed by atoms with E-state index < -0.39 is 0 Å². The number of carbonyl (C=O) groups is 2. The fourth-order valence-corrected chi connectivity index (χ4v) is 2.61. The van der Waals surface area contributed by atoms with Gasteiger partial charge in [-0.15, -0.1) is 0 Å². The van der Waals surface area contributed by atoms with Crippen molar-refractivity contribution in [2.24, 2.45) is 0 Å². The molecular weight excluding hydrogens is 342 g/mol. The van der Waals surface area contributed by atoms with Gasteiger partial charge < -0.3 is 20.3 Å².